The Balaban J connectivity index is 1.38. The van der Waals surface area contributed by atoms with E-state index in [0.717, 1.165) is 12.1 Å². The number of aliphatic carboxylic acids is 1. The molecule has 0 saturated carbocycles. The summed E-state index contributed by atoms with van der Waals surface area (Å²) in [5.41, 5.74) is 0.903. The van der Waals surface area contributed by atoms with E-state index in [4.69, 9.17) is 4.74 Å². The first-order valence-electron chi connectivity index (χ1n) is 11.6. The summed E-state index contributed by atoms with van der Waals surface area (Å²) in [7, 11) is 1.54. The van der Waals surface area contributed by atoms with Crippen LogP contribution in [0.4, 0.5) is 13.2 Å². The molecular weight excluding hydrogens is 471 g/mol. The predicted octanol–water partition coefficient (Wildman–Crippen LogP) is 3.72. The minimum Gasteiger partial charge on any atom is -0.497 e. The molecule has 4 rings (SSSR count). The maximum atomic E-state index is 14.6. The Morgan fingerprint density at radius 3 is 2.67 bits per heavy atom. The van der Waals surface area contributed by atoms with Crippen LogP contribution in [-0.2, 0) is 11.2 Å². The molecule has 1 saturated heterocycles. The van der Waals surface area contributed by atoms with Crippen molar-refractivity contribution in [2.75, 3.05) is 39.8 Å². The number of aryl methyl sites for hydroxylation is 1. The van der Waals surface area contributed by atoms with E-state index in [-0.39, 0.29) is 18.7 Å². The van der Waals surface area contributed by atoms with Crippen molar-refractivity contribution in [3.63, 3.8) is 0 Å². The Kier molecular flexibility index (Phi) is 8.08. The number of methoxy groups -OCH3 is 1. The zero-order valence-corrected chi connectivity index (χ0v) is 19.8. The van der Waals surface area contributed by atoms with Crippen LogP contribution < -0.4 is 4.74 Å². The van der Waals surface area contributed by atoms with Crippen molar-refractivity contribution in [1.29, 1.82) is 0 Å². The minimum atomic E-state index is -0.960. The number of rotatable bonds is 7. The van der Waals surface area contributed by atoms with Gasteiger partial charge in [0.15, 0.2) is 0 Å². The van der Waals surface area contributed by atoms with Crippen molar-refractivity contribution in [3.8, 4) is 17.6 Å². The maximum absolute atomic E-state index is 14.6. The van der Waals surface area contributed by atoms with Crippen molar-refractivity contribution < 1.29 is 27.8 Å². The summed E-state index contributed by atoms with van der Waals surface area (Å²) in [5, 5.41) is 10.5. The number of nitrogens with zero attached hydrogens (tertiary/aromatic N) is 3. The molecule has 0 radical (unpaired) electrons. The van der Waals surface area contributed by atoms with Crippen molar-refractivity contribution in [2.45, 2.75) is 18.9 Å². The summed E-state index contributed by atoms with van der Waals surface area (Å²) >= 11 is 0. The van der Waals surface area contributed by atoms with Crippen molar-refractivity contribution in [2.24, 2.45) is 0 Å². The average molecular weight is 498 g/mol. The van der Waals surface area contributed by atoms with E-state index in [1.807, 2.05) is 9.80 Å². The molecular formula is C27H26F3N3O3. The first kappa shape index (κ1) is 25.5. The monoisotopic (exact) mass is 497 g/mol. The van der Waals surface area contributed by atoms with Crippen molar-refractivity contribution in [1.82, 2.24) is 14.8 Å². The molecule has 188 valence electrons. The van der Waals surface area contributed by atoms with Gasteiger partial charge in [-0.25, -0.2) is 13.2 Å². The molecule has 1 aliphatic rings. The van der Waals surface area contributed by atoms with Crippen LogP contribution in [0.1, 0.15) is 17.5 Å². The van der Waals surface area contributed by atoms with Gasteiger partial charge in [0.05, 0.1) is 30.9 Å². The smallest absolute Gasteiger partial charge is 0.322 e. The molecule has 1 N–H and O–H groups in total. The highest BCUT2D eigenvalue weighted by molar-refractivity contribution is 5.83. The number of hydrogen-bond acceptors (Lipinski definition) is 5. The van der Waals surface area contributed by atoms with Crippen molar-refractivity contribution in [3.05, 3.63) is 71.2 Å². The SMILES string of the molecule is COc1ccc2ncc(F)c(CCCN3CCN(CC#Cc4c(F)cccc4F)C[C@@H]3C(=O)O)c2c1. The number of carboxylic acids is 1. The van der Waals surface area contributed by atoms with E-state index in [2.05, 4.69) is 16.8 Å². The zero-order chi connectivity index (χ0) is 25.7. The standard InChI is InChI=1S/C27H26F3N3O3/c1-36-18-9-10-25-21(15-18)19(24(30)16-31-25)5-4-12-33-14-13-32(17-26(33)27(34)35)11-3-6-20-22(28)7-2-8-23(20)29/h2,7-10,15-16,26H,4-5,11-14,17H2,1H3,(H,34,35)/t26-/m1/s1. The number of hydrogen-bond donors (Lipinski definition) is 1. The molecule has 3 aromatic rings. The highest BCUT2D eigenvalue weighted by atomic mass is 19.1. The summed E-state index contributed by atoms with van der Waals surface area (Å²) in [6, 6.07) is 8.10. The summed E-state index contributed by atoms with van der Waals surface area (Å²) in [6.45, 7) is 1.95. The molecule has 0 amide bonds. The Morgan fingerprint density at radius 1 is 1.17 bits per heavy atom. The van der Waals surface area contributed by atoms with E-state index in [9.17, 15) is 23.1 Å². The molecule has 2 heterocycles. The molecule has 0 spiro atoms. The van der Waals surface area contributed by atoms with Gasteiger partial charge in [-0.05, 0) is 55.3 Å². The molecule has 1 aliphatic heterocycles. The van der Waals surface area contributed by atoms with E-state index >= 15 is 0 Å². The van der Waals surface area contributed by atoms with Gasteiger partial charge >= 0.3 is 5.97 Å². The van der Waals surface area contributed by atoms with Gasteiger partial charge < -0.3 is 9.84 Å². The molecule has 1 aromatic heterocycles. The summed E-state index contributed by atoms with van der Waals surface area (Å²) < 4.78 is 47.4. The Bertz CT molecular complexity index is 1300. The topological polar surface area (TPSA) is 65.9 Å². The van der Waals surface area contributed by atoms with Crippen LogP contribution in [0, 0.1) is 29.3 Å². The fourth-order valence-corrected chi connectivity index (χ4v) is 4.42. The average Bonchev–Trinajstić information content (AvgIpc) is 2.87. The second-order valence-corrected chi connectivity index (χ2v) is 8.59. The summed E-state index contributed by atoms with van der Waals surface area (Å²) in [5.74, 6) is 3.05. The number of fused-ring (bicyclic) bond motifs is 1. The van der Waals surface area contributed by atoms with Gasteiger partial charge in [0, 0.05) is 25.0 Å². The largest absolute Gasteiger partial charge is 0.497 e. The molecule has 1 fully saturated rings. The fourth-order valence-electron chi connectivity index (χ4n) is 4.42. The third kappa shape index (κ3) is 5.78. The number of ether oxygens (including phenoxy) is 1. The molecule has 0 bridgehead atoms. The Hall–Kier alpha value is -3.61. The van der Waals surface area contributed by atoms with Gasteiger partial charge in [-0.3, -0.25) is 19.6 Å². The number of halogens is 3. The predicted molar refractivity (Wildman–Crippen MR) is 129 cm³/mol. The first-order valence-corrected chi connectivity index (χ1v) is 11.6. The molecule has 9 heteroatoms. The number of benzene rings is 2. The molecule has 0 unspecified atom stereocenters. The normalized spacial score (nSPS) is 16.5. The van der Waals surface area contributed by atoms with Crippen LogP contribution >= 0.6 is 0 Å². The van der Waals surface area contributed by atoms with Gasteiger partial charge in [0.25, 0.3) is 0 Å². The minimum absolute atomic E-state index is 0.196. The number of pyridine rings is 1. The zero-order valence-electron chi connectivity index (χ0n) is 19.8. The fraction of sp³-hybridized carbons (Fsp3) is 0.333. The number of aromatic nitrogens is 1. The lowest BCUT2D eigenvalue weighted by atomic mass is 10.0. The van der Waals surface area contributed by atoms with E-state index in [0.29, 0.717) is 54.7 Å². The lowest BCUT2D eigenvalue weighted by Crippen LogP contribution is -2.56. The molecule has 2 aromatic carbocycles. The summed E-state index contributed by atoms with van der Waals surface area (Å²) in [6.07, 6.45) is 2.19. The van der Waals surface area contributed by atoms with Gasteiger partial charge in [0.1, 0.15) is 29.2 Å². The van der Waals surface area contributed by atoms with Crippen LogP contribution in [-0.4, -0.2) is 71.7 Å². The van der Waals surface area contributed by atoms with Crippen molar-refractivity contribution >= 4 is 16.9 Å². The quantitative estimate of drug-likeness (QED) is 0.502. The van der Waals surface area contributed by atoms with Crippen LogP contribution in [0.3, 0.4) is 0 Å². The number of carbonyl (C=O) groups is 1. The third-order valence-electron chi connectivity index (χ3n) is 6.35. The maximum Gasteiger partial charge on any atom is 0.322 e. The van der Waals surface area contributed by atoms with Gasteiger partial charge in [0.2, 0.25) is 0 Å². The van der Waals surface area contributed by atoms with Gasteiger partial charge in [-0.1, -0.05) is 17.9 Å². The molecule has 1 atom stereocenters. The summed E-state index contributed by atoms with van der Waals surface area (Å²) in [4.78, 5) is 19.8. The third-order valence-corrected chi connectivity index (χ3v) is 6.35. The highest BCUT2D eigenvalue weighted by Gasteiger charge is 2.31. The Morgan fingerprint density at radius 2 is 1.94 bits per heavy atom. The van der Waals surface area contributed by atoms with Gasteiger partial charge in [-0.2, -0.15) is 0 Å². The molecule has 0 aliphatic carbocycles. The van der Waals surface area contributed by atoms with Crippen LogP contribution in [0.15, 0.2) is 42.6 Å². The van der Waals surface area contributed by atoms with E-state index in [1.165, 1.54) is 12.3 Å². The molecule has 36 heavy (non-hydrogen) atoms. The lowest BCUT2D eigenvalue weighted by molar-refractivity contribution is -0.145. The van der Waals surface area contributed by atoms with E-state index in [1.54, 1.807) is 25.3 Å². The Labute approximate surface area is 207 Å². The number of piperazine rings is 1. The van der Waals surface area contributed by atoms with E-state index < -0.39 is 29.5 Å². The highest BCUT2D eigenvalue weighted by Crippen LogP contribution is 2.26. The number of carboxylic acid groups (broad SMARTS) is 1. The van der Waals surface area contributed by atoms with Crippen LogP contribution in [0.2, 0.25) is 0 Å². The lowest BCUT2D eigenvalue weighted by Gasteiger charge is -2.38. The second-order valence-electron chi connectivity index (χ2n) is 8.59. The van der Waals surface area contributed by atoms with Gasteiger partial charge in [-0.15, -0.1) is 0 Å². The van der Waals surface area contributed by atoms with Crippen LogP contribution in [0.25, 0.3) is 10.9 Å². The second kappa shape index (κ2) is 11.4. The van der Waals surface area contributed by atoms with Crippen LogP contribution in [0.5, 0.6) is 5.75 Å². The first-order chi connectivity index (χ1) is 17.4. The molecule has 6 nitrogen and oxygen atoms in total.